The van der Waals surface area contributed by atoms with Gasteiger partial charge in [-0.05, 0) is 39.5 Å². The van der Waals surface area contributed by atoms with Crippen LogP contribution in [0.4, 0.5) is 0 Å². The van der Waals surface area contributed by atoms with Crippen LogP contribution in [-0.2, 0) is 25.8 Å². The van der Waals surface area contributed by atoms with Crippen molar-refractivity contribution >= 4 is 41.3 Å². The van der Waals surface area contributed by atoms with Crippen molar-refractivity contribution in [2.75, 3.05) is 13.1 Å². The van der Waals surface area contributed by atoms with Crippen LogP contribution in [0.25, 0.3) is 0 Å². The molecule has 0 unspecified atom stereocenters. The Kier molecular flexibility index (Phi) is 11.6. The van der Waals surface area contributed by atoms with E-state index < -0.39 is 0 Å². The van der Waals surface area contributed by atoms with Gasteiger partial charge in [-0.3, -0.25) is 0 Å². The van der Waals surface area contributed by atoms with Crippen LogP contribution in [0.15, 0.2) is 14.9 Å². The van der Waals surface area contributed by atoms with Gasteiger partial charge in [0.25, 0.3) is 0 Å². The third-order valence-electron chi connectivity index (χ3n) is 4.12. The first-order valence-electron chi connectivity index (χ1n) is 9.57. The van der Waals surface area contributed by atoms with Crippen LogP contribution in [0.1, 0.15) is 61.3 Å². The van der Waals surface area contributed by atoms with Crippen molar-refractivity contribution in [3.8, 4) is 0 Å². The van der Waals surface area contributed by atoms with Gasteiger partial charge in [-0.25, -0.2) is 9.98 Å². The van der Waals surface area contributed by atoms with Crippen LogP contribution >= 0.6 is 35.3 Å². The van der Waals surface area contributed by atoms with Crippen molar-refractivity contribution in [2.45, 2.75) is 66.3 Å². The molecule has 27 heavy (non-hydrogen) atoms. The van der Waals surface area contributed by atoms with Gasteiger partial charge in [-0.2, -0.15) is 0 Å². The average molecular weight is 505 g/mol. The van der Waals surface area contributed by atoms with E-state index in [1.165, 1.54) is 5.01 Å². The molecule has 0 spiro atoms. The summed E-state index contributed by atoms with van der Waals surface area (Å²) in [4.78, 5) is 9.23. The monoisotopic (exact) mass is 505 g/mol. The van der Waals surface area contributed by atoms with Crippen LogP contribution in [0, 0.1) is 6.92 Å². The molecule has 2 heterocycles. The maximum Gasteiger partial charge on any atom is 0.191 e. The summed E-state index contributed by atoms with van der Waals surface area (Å²) in [5, 5.41) is 14.2. The van der Waals surface area contributed by atoms with Crippen LogP contribution in [0.3, 0.4) is 0 Å². The molecule has 0 saturated carbocycles. The highest BCUT2D eigenvalue weighted by atomic mass is 127. The molecule has 6 nitrogen and oxygen atoms in total. The molecule has 0 atom stereocenters. The summed E-state index contributed by atoms with van der Waals surface area (Å²) in [5.41, 5.74) is 3.27. The van der Waals surface area contributed by atoms with E-state index in [0.29, 0.717) is 6.54 Å². The second kappa shape index (κ2) is 13.1. The lowest BCUT2D eigenvalue weighted by Gasteiger charge is -2.11. The van der Waals surface area contributed by atoms with E-state index in [2.05, 4.69) is 46.9 Å². The smallest absolute Gasteiger partial charge is 0.191 e. The van der Waals surface area contributed by atoms with E-state index in [0.717, 1.165) is 73.9 Å². The summed E-state index contributed by atoms with van der Waals surface area (Å²) in [6.07, 6.45) is 4.99. The van der Waals surface area contributed by atoms with Gasteiger partial charge >= 0.3 is 0 Å². The first-order chi connectivity index (χ1) is 12.7. The molecule has 2 rings (SSSR count). The lowest BCUT2D eigenvalue weighted by atomic mass is 10.1. The van der Waals surface area contributed by atoms with Crippen molar-refractivity contribution in [2.24, 2.45) is 4.99 Å². The van der Waals surface area contributed by atoms with Gasteiger partial charge in [0.1, 0.15) is 5.76 Å². The molecule has 0 radical (unpaired) electrons. The number of guanidine groups is 1. The highest BCUT2D eigenvalue weighted by molar-refractivity contribution is 14.0. The molecule has 0 aliphatic rings. The van der Waals surface area contributed by atoms with Gasteiger partial charge in [0, 0.05) is 36.1 Å². The van der Waals surface area contributed by atoms with Gasteiger partial charge in [0.2, 0.25) is 0 Å². The van der Waals surface area contributed by atoms with E-state index in [1.807, 2.05) is 6.92 Å². The zero-order valence-corrected chi connectivity index (χ0v) is 19.9. The van der Waals surface area contributed by atoms with Crippen LogP contribution in [0.5, 0.6) is 0 Å². The third kappa shape index (κ3) is 7.77. The molecular weight excluding hydrogens is 473 g/mol. The summed E-state index contributed by atoms with van der Waals surface area (Å²) in [6.45, 7) is 10.7. The SMILES string of the molecule is CCNC(=NCc1c(CC)noc1CC)NCCCCc1nc(C)cs1.I. The minimum atomic E-state index is 0. The average Bonchev–Trinajstić information content (AvgIpc) is 3.24. The second-order valence-electron chi connectivity index (χ2n) is 6.20. The highest BCUT2D eigenvalue weighted by Crippen LogP contribution is 2.16. The van der Waals surface area contributed by atoms with Gasteiger partial charge in [0.05, 0.1) is 17.2 Å². The number of thiazole rings is 1. The summed E-state index contributed by atoms with van der Waals surface area (Å²) < 4.78 is 5.42. The van der Waals surface area contributed by atoms with Gasteiger partial charge in [0.15, 0.2) is 5.96 Å². The summed E-state index contributed by atoms with van der Waals surface area (Å²) in [7, 11) is 0. The Hall–Kier alpha value is -1.16. The molecule has 2 aromatic rings. The zero-order valence-electron chi connectivity index (χ0n) is 16.8. The molecule has 0 aliphatic carbocycles. The number of halogens is 1. The summed E-state index contributed by atoms with van der Waals surface area (Å²) in [5.74, 6) is 1.79. The number of unbranched alkanes of at least 4 members (excludes halogenated alkanes) is 1. The van der Waals surface area contributed by atoms with Crippen molar-refractivity contribution in [1.82, 2.24) is 20.8 Å². The Morgan fingerprint density at radius 1 is 1.19 bits per heavy atom. The Morgan fingerprint density at radius 3 is 2.63 bits per heavy atom. The predicted molar refractivity (Wildman–Crippen MR) is 123 cm³/mol. The number of aryl methyl sites for hydroxylation is 4. The first-order valence-corrected chi connectivity index (χ1v) is 10.4. The fourth-order valence-electron chi connectivity index (χ4n) is 2.74. The quantitative estimate of drug-likeness (QED) is 0.219. The Morgan fingerprint density at radius 2 is 2.00 bits per heavy atom. The maximum atomic E-state index is 5.42. The number of rotatable bonds is 10. The number of nitrogens with zero attached hydrogens (tertiary/aromatic N) is 3. The van der Waals surface area contributed by atoms with Gasteiger partial charge in [-0.15, -0.1) is 35.3 Å². The van der Waals surface area contributed by atoms with Gasteiger partial charge < -0.3 is 15.2 Å². The second-order valence-corrected chi connectivity index (χ2v) is 7.14. The summed E-state index contributed by atoms with van der Waals surface area (Å²) in [6, 6.07) is 0. The molecule has 0 bridgehead atoms. The van der Waals surface area contributed by atoms with E-state index in [1.54, 1.807) is 11.3 Å². The molecule has 0 saturated heterocycles. The standard InChI is InChI=1S/C19H31N5OS.HI/c1-5-16-15(17(6-2)25-24-16)12-22-19(20-7-3)21-11-9-8-10-18-23-14(4)13-26-18;/h13H,5-12H2,1-4H3,(H2,20,21,22);1H. The summed E-state index contributed by atoms with van der Waals surface area (Å²) >= 11 is 1.75. The molecule has 2 aromatic heterocycles. The van der Waals surface area contributed by atoms with Crippen molar-refractivity contribution in [1.29, 1.82) is 0 Å². The predicted octanol–water partition coefficient (Wildman–Crippen LogP) is 4.26. The molecule has 0 fully saturated rings. The molecule has 8 heteroatoms. The maximum absolute atomic E-state index is 5.42. The fraction of sp³-hybridized carbons (Fsp3) is 0.632. The Labute approximate surface area is 183 Å². The molecule has 152 valence electrons. The normalized spacial score (nSPS) is 11.3. The number of aliphatic imine (C=N–C) groups is 1. The lowest BCUT2D eigenvalue weighted by molar-refractivity contribution is 0.380. The minimum Gasteiger partial charge on any atom is -0.361 e. The van der Waals surface area contributed by atoms with E-state index in [9.17, 15) is 0 Å². The van der Waals surface area contributed by atoms with E-state index in [4.69, 9.17) is 9.52 Å². The Balaban J connectivity index is 0.00000364. The fourth-order valence-corrected chi connectivity index (χ4v) is 3.56. The van der Waals surface area contributed by atoms with Crippen LogP contribution < -0.4 is 10.6 Å². The minimum absolute atomic E-state index is 0. The topological polar surface area (TPSA) is 75.3 Å². The van der Waals surface area contributed by atoms with Crippen LogP contribution in [-0.4, -0.2) is 29.2 Å². The largest absolute Gasteiger partial charge is 0.361 e. The molecule has 0 aromatic carbocycles. The molecular formula is C19H32IN5OS. The number of aromatic nitrogens is 2. The molecule has 0 aliphatic heterocycles. The van der Waals surface area contributed by atoms with Crippen molar-refractivity contribution in [3.63, 3.8) is 0 Å². The number of nitrogens with one attached hydrogen (secondary N) is 2. The number of hydrogen-bond donors (Lipinski definition) is 2. The van der Waals surface area contributed by atoms with E-state index in [-0.39, 0.29) is 24.0 Å². The van der Waals surface area contributed by atoms with Crippen LogP contribution in [0.2, 0.25) is 0 Å². The lowest BCUT2D eigenvalue weighted by Crippen LogP contribution is -2.37. The number of hydrogen-bond acceptors (Lipinski definition) is 5. The van der Waals surface area contributed by atoms with E-state index >= 15 is 0 Å². The zero-order chi connectivity index (χ0) is 18.8. The third-order valence-corrected chi connectivity index (χ3v) is 5.15. The molecule has 0 amide bonds. The Bertz CT molecular complexity index is 677. The van der Waals surface area contributed by atoms with Gasteiger partial charge in [-0.1, -0.05) is 19.0 Å². The molecule has 2 N–H and O–H groups in total. The first kappa shape index (κ1) is 23.9. The van der Waals surface area contributed by atoms with Crippen molar-refractivity contribution in [3.05, 3.63) is 33.1 Å². The highest BCUT2D eigenvalue weighted by Gasteiger charge is 2.13. The van der Waals surface area contributed by atoms with Crippen molar-refractivity contribution < 1.29 is 4.52 Å².